The molecule has 0 radical (unpaired) electrons. The van der Waals surface area contributed by atoms with Gasteiger partial charge >= 0.3 is 0 Å². The standard InChI is InChI=1S/C18H24N4/c1-2-4-15(5-3-1)11-22-14-19-9-18(22)13-21-10-16-6-7-17(12-21)20-8-16/h1-5,9,14,16-17,20H,6-8,10-13H2/t16-,17-/m0/s1. The van der Waals surface area contributed by atoms with E-state index in [9.17, 15) is 0 Å². The fourth-order valence-electron chi connectivity index (χ4n) is 3.80. The van der Waals surface area contributed by atoms with Crippen LogP contribution in [0.4, 0.5) is 0 Å². The molecule has 3 aliphatic heterocycles. The molecule has 0 unspecified atom stereocenters. The molecule has 2 atom stereocenters. The van der Waals surface area contributed by atoms with Gasteiger partial charge in [0.1, 0.15) is 0 Å². The summed E-state index contributed by atoms with van der Waals surface area (Å²) < 4.78 is 2.29. The lowest BCUT2D eigenvalue weighted by molar-refractivity contribution is 0.250. The number of hydrogen-bond donors (Lipinski definition) is 1. The first-order valence-corrected chi connectivity index (χ1v) is 8.35. The highest BCUT2D eigenvalue weighted by Crippen LogP contribution is 2.22. The summed E-state index contributed by atoms with van der Waals surface area (Å²) in [5.74, 6) is 0.823. The molecule has 1 aromatic heterocycles. The largest absolute Gasteiger partial charge is 0.329 e. The van der Waals surface area contributed by atoms with E-state index in [0.29, 0.717) is 6.04 Å². The first kappa shape index (κ1) is 14.0. The minimum atomic E-state index is 0.684. The van der Waals surface area contributed by atoms with Crippen LogP contribution in [0.25, 0.3) is 0 Å². The smallest absolute Gasteiger partial charge is 0.0951 e. The van der Waals surface area contributed by atoms with Crippen LogP contribution in [0.3, 0.4) is 0 Å². The predicted molar refractivity (Wildman–Crippen MR) is 87.6 cm³/mol. The molecule has 2 aromatic rings. The molecule has 2 bridgehead atoms. The lowest BCUT2D eigenvalue weighted by Crippen LogP contribution is -2.39. The Hall–Kier alpha value is -1.65. The fraction of sp³-hybridized carbons (Fsp3) is 0.500. The molecule has 116 valence electrons. The zero-order chi connectivity index (χ0) is 14.8. The van der Waals surface area contributed by atoms with Crippen molar-refractivity contribution in [2.75, 3.05) is 19.6 Å². The van der Waals surface area contributed by atoms with Gasteiger partial charge in [-0.1, -0.05) is 30.3 Å². The van der Waals surface area contributed by atoms with Crippen LogP contribution >= 0.6 is 0 Å². The summed E-state index contributed by atoms with van der Waals surface area (Å²) in [6.45, 7) is 5.52. The SMILES string of the molecule is c1ccc(Cn2cncc2CN2C[C@H]3CC[C@@H](C2)NC3)cc1. The highest BCUT2D eigenvalue weighted by Gasteiger charge is 2.29. The molecule has 4 nitrogen and oxygen atoms in total. The van der Waals surface area contributed by atoms with Gasteiger partial charge in [-0.15, -0.1) is 0 Å². The predicted octanol–water partition coefficient (Wildman–Crippen LogP) is 2.12. The van der Waals surface area contributed by atoms with Gasteiger partial charge in [0.05, 0.1) is 12.0 Å². The number of aromatic nitrogens is 2. The van der Waals surface area contributed by atoms with E-state index in [1.165, 1.54) is 43.7 Å². The van der Waals surface area contributed by atoms with Crippen molar-refractivity contribution in [1.29, 1.82) is 0 Å². The normalized spacial score (nSPS) is 25.3. The van der Waals surface area contributed by atoms with Crippen molar-refractivity contribution in [3.63, 3.8) is 0 Å². The van der Waals surface area contributed by atoms with Crippen molar-refractivity contribution in [2.45, 2.75) is 32.0 Å². The first-order valence-electron chi connectivity index (χ1n) is 8.35. The zero-order valence-electron chi connectivity index (χ0n) is 13.0. The Balaban J connectivity index is 1.46. The van der Waals surface area contributed by atoms with Crippen LogP contribution in [0.15, 0.2) is 42.9 Å². The first-order chi connectivity index (χ1) is 10.9. The second-order valence-electron chi connectivity index (χ2n) is 6.74. The average Bonchev–Trinajstić information content (AvgIpc) is 2.78. The summed E-state index contributed by atoms with van der Waals surface area (Å²) in [7, 11) is 0. The van der Waals surface area contributed by atoms with E-state index in [1.807, 2.05) is 12.5 Å². The number of rotatable bonds is 4. The van der Waals surface area contributed by atoms with Crippen molar-refractivity contribution in [3.8, 4) is 0 Å². The van der Waals surface area contributed by atoms with Crippen molar-refractivity contribution in [1.82, 2.24) is 19.8 Å². The Morgan fingerprint density at radius 1 is 1.09 bits per heavy atom. The summed E-state index contributed by atoms with van der Waals surface area (Å²) in [5, 5.41) is 3.68. The number of fused-ring (bicyclic) bond motifs is 4. The van der Waals surface area contributed by atoms with E-state index in [1.54, 1.807) is 0 Å². The maximum Gasteiger partial charge on any atom is 0.0951 e. The number of piperidine rings is 1. The van der Waals surface area contributed by atoms with Gasteiger partial charge in [0.15, 0.2) is 0 Å². The molecular formula is C18H24N4. The Morgan fingerprint density at radius 3 is 2.82 bits per heavy atom. The molecule has 4 heteroatoms. The fourth-order valence-corrected chi connectivity index (χ4v) is 3.80. The van der Waals surface area contributed by atoms with Crippen molar-refractivity contribution in [3.05, 3.63) is 54.1 Å². The molecule has 3 fully saturated rings. The molecule has 1 N–H and O–H groups in total. The highest BCUT2D eigenvalue weighted by atomic mass is 15.2. The van der Waals surface area contributed by atoms with Crippen molar-refractivity contribution < 1.29 is 0 Å². The van der Waals surface area contributed by atoms with E-state index in [0.717, 1.165) is 19.0 Å². The molecular weight excluding hydrogens is 272 g/mol. The van der Waals surface area contributed by atoms with Crippen LogP contribution in [0.2, 0.25) is 0 Å². The van der Waals surface area contributed by atoms with Gasteiger partial charge in [-0.2, -0.15) is 0 Å². The molecule has 3 saturated heterocycles. The maximum atomic E-state index is 4.38. The Labute approximate surface area is 132 Å². The molecule has 1 aromatic carbocycles. The number of nitrogens with one attached hydrogen (secondary N) is 1. The van der Waals surface area contributed by atoms with Crippen LogP contribution in [0.1, 0.15) is 24.1 Å². The van der Waals surface area contributed by atoms with Gasteiger partial charge in [0.25, 0.3) is 0 Å². The third kappa shape index (κ3) is 3.08. The Morgan fingerprint density at radius 2 is 2.00 bits per heavy atom. The van der Waals surface area contributed by atoms with Crippen molar-refractivity contribution >= 4 is 0 Å². The molecule has 3 aliphatic rings. The van der Waals surface area contributed by atoms with Crippen LogP contribution < -0.4 is 5.32 Å². The van der Waals surface area contributed by atoms with Gasteiger partial charge in [0, 0.05) is 38.4 Å². The van der Waals surface area contributed by atoms with Crippen LogP contribution in [-0.2, 0) is 13.1 Å². The molecule has 0 saturated carbocycles. The Bertz CT molecular complexity index is 585. The number of hydrogen-bond acceptors (Lipinski definition) is 3. The zero-order valence-corrected chi connectivity index (χ0v) is 13.0. The lowest BCUT2D eigenvalue weighted by atomic mass is 9.97. The third-order valence-electron chi connectivity index (χ3n) is 4.99. The Kier molecular flexibility index (Phi) is 3.95. The minimum absolute atomic E-state index is 0.684. The second kappa shape index (κ2) is 6.23. The summed E-state index contributed by atoms with van der Waals surface area (Å²) >= 11 is 0. The molecule has 0 spiro atoms. The van der Waals surface area contributed by atoms with Gasteiger partial charge in [-0.25, -0.2) is 4.98 Å². The third-order valence-corrected chi connectivity index (χ3v) is 4.99. The second-order valence-corrected chi connectivity index (χ2v) is 6.74. The van der Waals surface area contributed by atoms with Crippen molar-refractivity contribution in [2.24, 2.45) is 5.92 Å². The minimum Gasteiger partial charge on any atom is -0.329 e. The van der Waals surface area contributed by atoms with E-state index >= 15 is 0 Å². The molecule has 5 rings (SSSR count). The monoisotopic (exact) mass is 296 g/mol. The maximum absolute atomic E-state index is 4.38. The van der Waals surface area contributed by atoms with Gasteiger partial charge in [0.2, 0.25) is 0 Å². The summed E-state index contributed by atoms with van der Waals surface area (Å²) in [6, 6.07) is 11.3. The van der Waals surface area contributed by atoms with Crippen LogP contribution in [0, 0.1) is 5.92 Å². The number of imidazole rings is 1. The summed E-state index contributed by atoms with van der Waals surface area (Å²) in [4.78, 5) is 6.99. The lowest BCUT2D eigenvalue weighted by Gasteiger charge is -2.23. The average molecular weight is 296 g/mol. The van der Waals surface area contributed by atoms with Crippen LogP contribution in [-0.4, -0.2) is 40.1 Å². The van der Waals surface area contributed by atoms with E-state index < -0.39 is 0 Å². The number of benzene rings is 1. The quantitative estimate of drug-likeness (QED) is 0.938. The van der Waals surface area contributed by atoms with Gasteiger partial charge in [-0.3, -0.25) is 4.90 Å². The highest BCUT2D eigenvalue weighted by molar-refractivity contribution is 5.16. The van der Waals surface area contributed by atoms with Gasteiger partial charge < -0.3 is 9.88 Å². The summed E-state index contributed by atoms with van der Waals surface area (Å²) in [6.07, 6.45) is 6.72. The molecule has 4 heterocycles. The molecule has 0 aliphatic carbocycles. The number of nitrogens with zero attached hydrogens (tertiary/aromatic N) is 3. The molecule has 0 amide bonds. The molecule has 22 heavy (non-hydrogen) atoms. The summed E-state index contributed by atoms with van der Waals surface area (Å²) in [5.41, 5.74) is 2.66. The van der Waals surface area contributed by atoms with E-state index in [4.69, 9.17) is 0 Å². The van der Waals surface area contributed by atoms with Gasteiger partial charge in [-0.05, 0) is 30.9 Å². The van der Waals surface area contributed by atoms with E-state index in [-0.39, 0.29) is 0 Å². The topological polar surface area (TPSA) is 33.1 Å². The van der Waals surface area contributed by atoms with Crippen LogP contribution in [0.5, 0.6) is 0 Å². The van der Waals surface area contributed by atoms with E-state index in [2.05, 4.69) is 50.1 Å².